The fourth-order valence-corrected chi connectivity index (χ4v) is 3.46. The Morgan fingerprint density at radius 2 is 1.83 bits per heavy atom. The molecule has 0 saturated carbocycles. The van der Waals surface area contributed by atoms with Crippen LogP contribution in [0.1, 0.15) is 21.5 Å². The number of carbonyl (C=O) groups excluding carboxylic acids is 1. The maximum absolute atomic E-state index is 12.7. The molecule has 7 nitrogen and oxygen atoms in total. The monoisotopic (exact) mass is 394 g/mol. The molecule has 2 aromatic carbocycles. The minimum Gasteiger partial charge on any atom is -0.348 e. The van der Waals surface area contributed by atoms with Crippen molar-refractivity contribution in [1.82, 2.24) is 30.0 Å². The van der Waals surface area contributed by atoms with Gasteiger partial charge in [-0.15, -0.1) is 10.2 Å². The molecule has 0 spiro atoms. The summed E-state index contributed by atoms with van der Waals surface area (Å²) in [6.45, 7) is 1.08. The minimum atomic E-state index is -0.153. The van der Waals surface area contributed by atoms with Crippen molar-refractivity contribution in [3.05, 3.63) is 96.1 Å². The van der Waals surface area contributed by atoms with Crippen molar-refractivity contribution in [3.8, 4) is 0 Å². The molecule has 0 atom stereocenters. The molecule has 30 heavy (non-hydrogen) atoms. The lowest BCUT2D eigenvalue weighted by Gasteiger charge is -2.08. The van der Waals surface area contributed by atoms with E-state index < -0.39 is 0 Å². The number of nitrogens with zero attached hydrogens (tertiary/aromatic N) is 5. The van der Waals surface area contributed by atoms with Crippen LogP contribution in [0.2, 0.25) is 0 Å². The zero-order valence-electron chi connectivity index (χ0n) is 16.1. The first-order chi connectivity index (χ1) is 14.8. The quantitative estimate of drug-likeness (QED) is 0.494. The number of carbonyl (C=O) groups is 1. The fraction of sp³-hybridized carbons (Fsp3) is 0.0870. The molecule has 0 bridgehead atoms. The van der Waals surface area contributed by atoms with E-state index in [-0.39, 0.29) is 5.91 Å². The zero-order chi connectivity index (χ0) is 20.3. The third-order valence-electron chi connectivity index (χ3n) is 4.96. The predicted molar refractivity (Wildman–Crippen MR) is 114 cm³/mol. The highest BCUT2D eigenvalue weighted by Crippen LogP contribution is 2.23. The molecule has 7 heteroatoms. The van der Waals surface area contributed by atoms with Crippen LogP contribution < -0.4 is 5.32 Å². The Balaban J connectivity index is 1.50. The van der Waals surface area contributed by atoms with Crippen molar-refractivity contribution in [2.45, 2.75) is 13.1 Å². The van der Waals surface area contributed by atoms with Crippen molar-refractivity contribution in [2.75, 3.05) is 0 Å². The fourth-order valence-electron chi connectivity index (χ4n) is 3.46. The number of imidazole rings is 1. The summed E-state index contributed by atoms with van der Waals surface area (Å²) >= 11 is 0. The predicted octanol–water partition coefficient (Wildman–Crippen LogP) is 3.35. The lowest BCUT2D eigenvalue weighted by atomic mass is 10.1. The first kappa shape index (κ1) is 17.9. The van der Waals surface area contributed by atoms with Gasteiger partial charge in [0.15, 0.2) is 0 Å². The van der Waals surface area contributed by atoms with Gasteiger partial charge >= 0.3 is 0 Å². The molecular weight excluding hydrogens is 376 g/mol. The molecular formula is C23H18N6O. The average molecular weight is 394 g/mol. The Morgan fingerprint density at radius 1 is 0.967 bits per heavy atom. The molecule has 0 saturated heterocycles. The summed E-state index contributed by atoms with van der Waals surface area (Å²) in [4.78, 5) is 21.2. The normalized spacial score (nSPS) is 11.1. The Hall–Kier alpha value is -4.13. The SMILES string of the molecule is O=C(NCc1cccnc1)c1ccc2nnc3ncn(Cc4ccccc4)c3c2c1. The molecule has 0 aliphatic heterocycles. The maximum Gasteiger partial charge on any atom is 0.251 e. The van der Waals surface area contributed by atoms with Gasteiger partial charge in [0.1, 0.15) is 0 Å². The highest BCUT2D eigenvalue weighted by molar-refractivity contribution is 6.05. The Morgan fingerprint density at radius 3 is 2.67 bits per heavy atom. The largest absolute Gasteiger partial charge is 0.348 e. The van der Waals surface area contributed by atoms with E-state index >= 15 is 0 Å². The average Bonchev–Trinajstić information content (AvgIpc) is 3.21. The van der Waals surface area contributed by atoms with Crippen LogP contribution in [-0.2, 0) is 13.1 Å². The second-order valence-corrected chi connectivity index (χ2v) is 7.01. The molecule has 0 fully saturated rings. The summed E-state index contributed by atoms with van der Waals surface area (Å²) in [7, 11) is 0. The Labute approximate surface area is 172 Å². The minimum absolute atomic E-state index is 0.153. The van der Waals surface area contributed by atoms with Gasteiger partial charge in [0.05, 0.1) is 17.4 Å². The van der Waals surface area contributed by atoms with Gasteiger partial charge < -0.3 is 9.88 Å². The van der Waals surface area contributed by atoms with E-state index in [1.165, 1.54) is 0 Å². The van der Waals surface area contributed by atoms with Gasteiger partial charge in [-0.25, -0.2) is 4.98 Å². The van der Waals surface area contributed by atoms with Gasteiger partial charge in [-0.3, -0.25) is 9.78 Å². The molecule has 0 radical (unpaired) electrons. The highest BCUT2D eigenvalue weighted by atomic mass is 16.1. The molecule has 0 aliphatic rings. The van der Waals surface area contributed by atoms with Crippen LogP contribution in [-0.4, -0.2) is 30.6 Å². The van der Waals surface area contributed by atoms with Gasteiger partial charge in [0.25, 0.3) is 5.91 Å². The second-order valence-electron chi connectivity index (χ2n) is 7.01. The standard InChI is InChI=1S/C23H18N6O/c30-23(25-13-17-7-4-10-24-12-17)18-8-9-20-19(11-18)21-22(28-27-20)26-15-29(21)14-16-5-2-1-3-6-16/h1-12,15H,13-14H2,(H,25,30). The van der Waals surface area contributed by atoms with Crippen LogP contribution in [0.4, 0.5) is 0 Å². The first-order valence-electron chi connectivity index (χ1n) is 9.60. The molecule has 5 aromatic rings. The van der Waals surface area contributed by atoms with Gasteiger partial charge in [-0.2, -0.15) is 0 Å². The summed E-state index contributed by atoms with van der Waals surface area (Å²) in [5.41, 5.74) is 4.82. The molecule has 1 N–H and O–H groups in total. The summed E-state index contributed by atoms with van der Waals surface area (Å²) in [6, 6.07) is 19.4. The van der Waals surface area contributed by atoms with Crippen LogP contribution in [0.3, 0.4) is 0 Å². The zero-order valence-corrected chi connectivity index (χ0v) is 16.1. The van der Waals surface area contributed by atoms with Crippen molar-refractivity contribution in [2.24, 2.45) is 0 Å². The number of fused-ring (bicyclic) bond motifs is 3. The second kappa shape index (κ2) is 7.71. The number of amides is 1. The van der Waals surface area contributed by atoms with E-state index in [1.54, 1.807) is 24.8 Å². The number of benzene rings is 2. The molecule has 3 heterocycles. The Kier molecular flexibility index (Phi) is 4.61. The van der Waals surface area contributed by atoms with E-state index in [0.717, 1.165) is 27.5 Å². The van der Waals surface area contributed by atoms with Crippen LogP contribution in [0, 0.1) is 0 Å². The van der Waals surface area contributed by atoms with Crippen LogP contribution in [0.15, 0.2) is 79.4 Å². The maximum atomic E-state index is 12.7. The molecule has 5 rings (SSSR count). The number of pyridine rings is 1. The van der Waals surface area contributed by atoms with Crippen molar-refractivity contribution >= 4 is 28.0 Å². The Bertz CT molecular complexity index is 1330. The van der Waals surface area contributed by atoms with Crippen LogP contribution in [0.25, 0.3) is 22.1 Å². The van der Waals surface area contributed by atoms with Gasteiger partial charge in [-0.05, 0) is 35.4 Å². The number of aromatic nitrogens is 5. The summed E-state index contributed by atoms with van der Waals surface area (Å²) in [6.07, 6.45) is 5.21. The lowest BCUT2D eigenvalue weighted by Crippen LogP contribution is -2.22. The molecule has 1 amide bonds. The molecule has 0 unspecified atom stereocenters. The third-order valence-corrected chi connectivity index (χ3v) is 4.96. The summed E-state index contributed by atoms with van der Waals surface area (Å²) < 4.78 is 2.04. The van der Waals surface area contributed by atoms with E-state index in [4.69, 9.17) is 0 Å². The number of rotatable bonds is 5. The lowest BCUT2D eigenvalue weighted by molar-refractivity contribution is 0.0951. The molecule has 3 aromatic heterocycles. The van der Waals surface area contributed by atoms with Crippen molar-refractivity contribution in [1.29, 1.82) is 0 Å². The van der Waals surface area contributed by atoms with Crippen LogP contribution >= 0.6 is 0 Å². The van der Waals surface area contributed by atoms with E-state index in [9.17, 15) is 4.79 Å². The van der Waals surface area contributed by atoms with E-state index in [0.29, 0.717) is 24.3 Å². The van der Waals surface area contributed by atoms with E-state index in [2.05, 4.69) is 37.6 Å². The summed E-state index contributed by atoms with van der Waals surface area (Å²) in [5, 5.41) is 12.3. The van der Waals surface area contributed by atoms with Gasteiger partial charge in [0, 0.05) is 36.4 Å². The molecule has 0 aliphatic carbocycles. The molecule has 146 valence electrons. The first-order valence-corrected chi connectivity index (χ1v) is 9.60. The van der Waals surface area contributed by atoms with Crippen molar-refractivity contribution < 1.29 is 4.79 Å². The van der Waals surface area contributed by atoms with Crippen molar-refractivity contribution in [3.63, 3.8) is 0 Å². The third kappa shape index (κ3) is 3.48. The topological polar surface area (TPSA) is 85.6 Å². The van der Waals surface area contributed by atoms with Gasteiger partial charge in [0.2, 0.25) is 5.65 Å². The van der Waals surface area contributed by atoms with E-state index in [1.807, 2.05) is 47.0 Å². The van der Waals surface area contributed by atoms with Gasteiger partial charge in [-0.1, -0.05) is 36.4 Å². The number of nitrogens with one attached hydrogen (secondary N) is 1. The highest BCUT2D eigenvalue weighted by Gasteiger charge is 2.13. The number of hydrogen-bond donors (Lipinski definition) is 1. The smallest absolute Gasteiger partial charge is 0.251 e. The van der Waals surface area contributed by atoms with Crippen LogP contribution in [0.5, 0.6) is 0 Å². The number of hydrogen-bond acceptors (Lipinski definition) is 5. The summed E-state index contributed by atoms with van der Waals surface area (Å²) in [5.74, 6) is -0.153.